The first-order valence-electron chi connectivity index (χ1n) is 9.35. The fraction of sp³-hybridized carbons (Fsp3) is 0.174. The van der Waals surface area contributed by atoms with Gasteiger partial charge in [-0.1, -0.05) is 48.0 Å². The summed E-state index contributed by atoms with van der Waals surface area (Å²) in [5, 5.41) is 26.5. The molecule has 30 heavy (non-hydrogen) atoms. The molecule has 1 unspecified atom stereocenters. The van der Waals surface area contributed by atoms with Crippen LogP contribution in [0, 0.1) is 0 Å². The van der Waals surface area contributed by atoms with Crippen molar-refractivity contribution in [2.75, 3.05) is 25.0 Å². The van der Waals surface area contributed by atoms with Gasteiger partial charge in [0, 0.05) is 30.3 Å². The van der Waals surface area contributed by atoms with E-state index in [9.17, 15) is 9.90 Å². The van der Waals surface area contributed by atoms with Crippen LogP contribution >= 0.6 is 11.6 Å². The van der Waals surface area contributed by atoms with E-state index in [0.29, 0.717) is 24.7 Å². The van der Waals surface area contributed by atoms with Crippen molar-refractivity contribution >= 4 is 23.3 Å². The normalized spacial score (nSPS) is 11.4. The lowest BCUT2D eigenvalue weighted by Gasteiger charge is -2.13. The zero-order chi connectivity index (χ0) is 20.6. The molecule has 0 fully saturated rings. The lowest BCUT2D eigenvalue weighted by molar-refractivity contribution is -0.0000227. The molecule has 3 aromatic rings. The molecular weight excluding hydrogens is 423 g/mol. The van der Waals surface area contributed by atoms with Gasteiger partial charge in [-0.05, 0) is 53.1 Å². The van der Waals surface area contributed by atoms with E-state index in [1.807, 2.05) is 42.5 Å². The number of carbonyl (C=O) groups is 1. The Balaban J connectivity index is 0.00000240. The van der Waals surface area contributed by atoms with Crippen LogP contribution < -0.4 is 23.0 Å². The van der Waals surface area contributed by atoms with Crippen molar-refractivity contribution in [1.29, 1.82) is 0 Å². The number of benzene rings is 3. The first-order chi connectivity index (χ1) is 14.0. The van der Waals surface area contributed by atoms with Gasteiger partial charge in [0.2, 0.25) is 0 Å². The number of nitrogens with one attached hydrogen (secondary N) is 2. The highest BCUT2D eigenvalue weighted by Crippen LogP contribution is 2.23. The summed E-state index contributed by atoms with van der Waals surface area (Å²) in [6.07, 6.45) is -0.612. The van der Waals surface area contributed by atoms with Crippen LogP contribution in [0.2, 0.25) is 5.02 Å². The molecule has 1 atom stereocenters. The maximum absolute atomic E-state index is 11.2. The van der Waals surface area contributed by atoms with E-state index in [0.717, 1.165) is 22.4 Å². The number of aliphatic hydroxyl groups is 1. The molecule has 0 aliphatic rings. The van der Waals surface area contributed by atoms with Crippen molar-refractivity contribution in [1.82, 2.24) is 5.32 Å². The number of hydrogen-bond acceptors (Lipinski definition) is 4. The van der Waals surface area contributed by atoms with Gasteiger partial charge in [0.1, 0.15) is 0 Å². The summed E-state index contributed by atoms with van der Waals surface area (Å²) in [5.41, 5.74) is 3.80. The number of anilines is 1. The van der Waals surface area contributed by atoms with Gasteiger partial charge in [0.15, 0.2) is 0 Å². The Morgan fingerprint density at radius 2 is 1.67 bits per heavy atom. The van der Waals surface area contributed by atoms with E-state index in [4.69, 9.17) is 16.7 Å². The fourth-order valence-electron chi connectivity index (χ4n) is 3.01. The molecule has 3 aromatic carbocycles. The number of hydrogen-bond donors (Lipinski definition) is 4. The standard InChI is InChI=1S/C23H23ClN2O3.ClH/c24-20-8-2-6-18(13-20)22(27)15-25-10-11-26-21-9-3-5-17(14-21)16-4-1-7-19(12-16)23(28)29;/h1-9,12-14,22,25-27H,10-11,15H2,(H,28,29);1H. The van der Waals surface area contributed by atoms with Gasteiger partial charge in [-0.2, -0.15) is 0 Å². The number of halogens is 2. The van der Waals surface area contributed by atoms with E-state index in [-0.39, 0.29) is 19.4 Å². The van der Waals surface area contributed by atoms with Crippen LogP contribution in [0.5, 0.6) is 0 Å². The predicted molar refractivity (Wildman–Crippen MR) is 118 cm³/mol. The number of carboxylic acid groups (broad SMARTS) is 1. The summed E-state index contributed by atoms with van der Waals surface area (Å²) >= 11 is 5.95. The summed E-state index contributed by atoms with van der Waals surface area (Å²) in [6, 6.07) is 21.9. The third kappa shape index (κ3) is 6.75. The Bertz CT molecular complexity index is 988. The van der Waals surface area contributed by atoms with Crippen molar-refractivity contribution in [3.8, 4) is 11.1 Å². The molecular formula is C23H24Cl2N2O3. The minimum Gasteiger partial charge on any atom is -1.00 e. The van der Waals surface area contributed by atoms with Gasteiger partial charge in [0.05, 0.1) is 11.7 Å². The molecule has 0 saturated heterocycles. The molecule has 5 nitrogen and oxygen atoms in total. The fourth-order valence-corrected chi connectivity index (χ4v) is 3.20. The molecule has 0 amide bonds. The van der Waals surface area contributed by atoms with E-state index in [1.165, 1.54) is 0 Å². The third-order valence-electron chi connectivity index (χ3n) is 4.51. The Kier molecular flexibility index (Phi) is 9.15. The van der Waals surface area contributed by atoms with Crippen LogP contribution in [0.15, 0.2) is 72.8 Å². The van der Waals surface area contributed by atoms with Crippen molar-refractivity contribution in [3.05, 3.63) is 88.9 Å². The van der Waals surface area contributed by atoms with Crippen molar-refractivity contribution < 1.29 is 28.8 Å². The SMILES string of the molecule is O=C(O)c1cccc(-c2cccc(NCCNCC(O)c3cccc(Cl)c3)c2)c1.[Cl-].[H+]. The first-order valence-corrected chi connectivity index (χ1v) is 9.72. The monoisotopic (exact) mass is 446 g/mol. The second-order valence-electron chi connectivity index (χ2n) is 6.67. The summed E-state index contributed by atoms with van der Waals surface area (Å²) in [6.45, 7) is 1.79. The molecule has 0 aliphatic carbocycles. The highest BCUT2D eigenvalue weighted by atomic mass is 35.5. The van der Waals surface area contributed by atoms with Crippen LogP contribution in [-0.2, 0) is 0 Å². The van der Waals surface area contributed by atoms with Crippen LogP contribution in [0.3, 0.4) is 0 Å². The molecule has 0 spiro atoms. The van der Waals surface area contributed by atoms with Gasteiger partial charge in [0.25, 0.3) is 0 Å². The molecule has 0 bridgehead atoms. The lowest BCUT2D eigenvalue weighted by atomic mass is 10.0. The van der Waals surface area contributed by atoms with Gasteiger partial charge >= 0.3 is 7.40 Å². The summed E-state index contributed by atoms with van der Waals surface area (Å²) in [4.78, 5) is 11.2. The van der Waals surface area contributed by atoms with Crippen LogP contribution in [0.25, 0.3) is 11.1 Å². The Morgan fingerprint density at radius 1 is 0.967 bits per heavy atom. The van der Waals surface area contributed by atoms with Crippen molar-refractivity contribution in [3.63, 3.8) is 0 Å². The summed E-state index contributed by atoms with van der Waals surface area (Å²) in [7, 11) is 0. The van der Waals surface area contributed by atoms with Gasteiger partial charge in [-0.15, -0.1) is 0 Å². The topological polar surface area (TPSA) is 81.6 Å². The number of aromatic carboxylic acids is 1. The van der Waals surface area contributed by atoms with Crippen LogP contribution in [0.4, 0.5) is 5.69 Å². The highest BCUT2D eigenvalue weighted by molar-refractivity contribution is 6.30. The molecule has 4 N–H and O–H groups in total. The van der Waals surface area contributed by atoms with E-state index in [1.54, 1.807) is 30.3 Å². The average Bonchev–Trinajstić information content (AvgIpc) is 2.73. The lowest BCUT2D eigenvalue weighted by Crippen LogP contribution is -3.00. The summed E-state index contributed by atoms with van der Waals surface area (Å²) in [5.74, 6) is -0.938. The Labute approximate surface area is 188 Å². The smallest absolute Gasteiger partial charge is 1.00 e. The van der Waals surface area contributed by atoms with Crippen LogP contribution in [0.1, 0.15) is 23.5 Å². The van der Waals surface area contributed by atoms with E-state index >= 15 is 0 Å². The highest BCUT2D eigenvalue weighted by Gasteiger charge is 2.07. The predicted octanol–water partition coefficient (Wildman–Crippen LogP) is 1.56. The second-order valence-corrected chi connectivity index (χ2v) is 7.10. The summed E-state index contributed by atoms with van der Waals surface area (Å²) < 4.78 is 0. The van der Waals surface area contributed by atoms with Crippen molar-refractivity contribution in [2.45, 2.75) is 6.10 Å². The van der Waals surface area contributed by atoms with E-state index < -0.39 is 12.1 Å². The number of rotatable bonds is 9. The first kappa shape index (κ1) is 23.7. The van der Waals surface area contributed by atoms with Gasteiger partial charge in [-0.3, -0.25) is 0 Å². The number of aliphatic hydroxyl groups excluding tert-OH is 1. The zero-order valence-corrected chi connectivity index (χ0v) is 17.7. The number of carboxylic acids is 1. The molecule has 0 aliphatic heterocycles. The van der Waals surface area contributed by atoms with E-state index in [2.05, 4.69) is 10.6 Å². The van der Waals surface area contributed by atoms with Crippen molar-refractivity contribution in [2.24, 2.45) is 0 Å². The molecule has 7 heteroatoms. The minimum atomic E-state index is -0.938. The molecule has 0 saturated carbocycles. The molecule has 0 aromatic heterocycles. The Hall–Kier alpha value is -2.57. The van der Waals surface area contributed by atoms with Gasteiger partial charge in [-0.25, -0.2) is 4.79 Å². The maximum Gasteiger partial charge on any atom is 1.00 e. The minimum absolute atomic E-state index is 0. The van der Waals surface area contributed by atoms with Gasteiger partial charge < -0.3 is 33.3 Å². The molecule has 3 rings (SSSR count). The Morgan fingerprint density at radius 3 is 2.40 bits per heavy atom. The quantitative estimate of drug-likeness (QED) is 0.375. The largest absolute Gasteiger partial charge is 1.00 e. The molecule has 0 radical (unpaired) electrons. The van der Waals surface area contributed by atoms with Crippen LogP contribution in [-0.4, -0.2) is 35.8 Å². The molecule has 158 valence electrons. The molecule has 0 heterocycles. The second kappa shape index (κ2) is 11.6. The average molecular weight is 447 g/mol. The third-order valence-corrected chi connectivity index (χ3v) is 4.74. The maximum atomic E-state index is 11.2. The zero-order valence-electron chi connectivity index (χ0n) is 17.2.